The van der Waals surface area contributed by atoms with Crippen LogP contribution in [0.4, 0.5) is 5.82 Å². The van der Waals surface area contributed by atoms with Crippen LogP contribution >= 0.6 is 12.2 Å². The molecule has 88 valence electrons. The van der Waals surface area contributed by atoms with E-state index in [1.165, 1.54) is 5.56 Å². The molecule has 0 aliphatic rings. The highest BCUT2D eigenvalue weighted by molar-refractivity contribution is 7.71. The number of hydrogen-bond acceptors (Lipinski definition) is 3. The molecule has 0 unspecified atom stereocenters. The summed E-state index contributed by atoms with van der Waals surface area (Å²) in [4.78, 5) is 7.27. The molecule has 1 aromatic carbocycles. The minimum absolute atomic E-state index is 0.614. The predicted molar refractivity (Wildman–Crippen MR) is 72.8 cm³/mol. The van der Waals surface area contributed by atoms with Crippen LogP contribution in [0.2, 0.25) is 0 Å². The van der Waals surface area contributed by atoms with Crippen molar-refractivity contribution >= 4 is 18.0 Å². The van der Waals surface area contributed by atoms with E-state index in [0.717, 1.165) is 24.6 Å². The van der Waals surface area contributed by atoms with Crippen molar-refractivity contribution in [2.24, 2.45) is 0 Å². The fraction of sp³-hybridized carbons (Fsp3) is 0.231. The SMILES string of the molecule is Cc1nc(=S)cc(NCCc2ccccc2)[nH]1. The Kier molecular flexibility index (Phi) is 3.88. The monoisotopic (exact) mass is 245 g/mol. The van der Waals surface area contributed by atoms with Crippen LogP contribution in [-0.4, -0.2) is 16.5 Å². The van der Waals surface area contributed by atoms with Crippen LogP contribution in [0.3, 0.4) is 0 Å². The first-order chi connectivity index (χ1) is 8.24. The third kappa shape index (κ3) is 3.67. The van der Waals surface area contributed by atoms with Gasteiger partial charge in [-0.1, -0.05) is 42.5 Å². The summed E-state index contributed by atoms with van der Waals surface area (Å²) in [5.41, 5.74) is 1.32. The summed E-state index contributed by atoms with van der Waals surface area (Å²) < 4.78 is 0.614. The number of H-pyrrole nitrogens is 1. The van der Waals surface area contributed by atoms with Crippen LogP contribution in [0, 0.1) is 11.6 Å². The molecule has 0 aliphatic heterocycles. The molecule has 2 rings (SSSR count). The van der Waals surface area contributed by atoms with Gasteiger partial charge in [-0.15, -0.1) is 0 Å². The van der Waals surface area contributed by atoms with Crippen LogP contribution in [0.5, 0.6) is 0 Å². The Morgan fingerprint density at radius 2 is 2.06 bits per heavy atom. The number of aromatic amines is 1. The maximum Gasteiger partial charge on any atom is 0.131 e. The summed E-state index contributed by atoms with van der Waals surface area (Å²) in [5.74, 6) is 1.76. The molecular formula is C13H15N3S. The van der Waals surface area contributed by atoms with Crippen LogP contribution in [0.25, 0.3) is 0 Å². The molecule has 0 fully saturated rings. The predicted octanol–water partition coefficient (Wildman–Crippen LogP) is 3.10. The molecule has 0 saturated heterocycles. The van der Waals surface area contributed by atoms with Crippen molar-refractivity contribution in [3.8, 4) is 0 Å². The Labute approximate surface area is 106 Å². The fourth-order valence-corrected chi connectivity index (χ4v) is 1.92. The number of nitrogens with zero attached hydrogens (tertiary/aromatic N) is 1. The zero-order valence-corrected chi connectivity index (χ0v) is 10.6. The molecule has 0 spiro atoms. The first-order valence-electron chi connectivity index (χ1n) is 5.60. The average Bonchev–Trinajstić information content (AvgIpc) is 2.29. The van der Waals surface area contributed by atoms with Crippen molar-refractivity contribution in [1.29, 1.82) is 0 Å². The molecule has 0 aliphatic carbocycles. The zero-order chi connectivity index (χ0) is 12.1. The molecule has 2 N–H and O–H groups in total. The number of hydrogen-bond donors (Lipinski definition) is 2. The quantitative estimate of drug-likeness (QED) is 0.813. The number of rotatable bonds is 4. The molecule has 4 heteroatoms. The highest BCUT2D eigenvalue weighted by Crippen LogP contribution is 2.04. The zero-order valence-electron chi connectivity index (χ0n) is 9.73. The second kappa shape index (κ2) is 5.59. The van der Waals surface area contributed by atoms with Crippen LogP contribution in [-0.2, 0) is 6.42 Å². The molecule has 0 bridgehead atoms. The molecule has 0 amide bonds. The van der Waals surface area contributed by atoms with Gasteiger partial charge in [-0.25, -0.2) is 4.98 Å². The minimum atomic E-state index is 0.614. The van der Waals surface area contributed by atoms with E-state index in [4.69, 9.17) is 12.2 Å². The molecule has 17 heavy (non-hydrogen) atoms. The molecule has 0 atom stereocenters. The van der Waals surface area contributed by atoms with Crippen LogP contribution < -0.4 is 5.32 Å². The van der Waals surface area contributed by atoms with Crippen molar-refractivity contribution in [3.05, 3.63) is 52.4 Å². The Morgan fingerprint density at radius 3 is 2.76 bits per heavy atom. The van der Waals surface area contributed by atoms with Gasteiger partial charge in [-0.2, -0.15) is 0 Å². The summed E-state index contributed by atoms with van der Waals surface area (Å²) in [5, 5.41) is 3.31. The average molecular weight is 245 g/mol. The molecule has 0 radical (unpaired) electrons. The van der Waals surface area contributed by atoms with Crippen molar-refractivity contribution in [2.45, 2.75) is 13.3 Å². The lowest BCUT2D eigenvalue weighted by atomic mass is 10.1. The molecule has 2 aromatic rings. The van der Waals surface area contributed by atoms with E-state index in [-0.39, 0.29) is 0 Å². The number of nitrogens with one attached hydrogen (secondary N) is 2. The van der Waals surface area contributed by atoms with Crippen molar-refractivity contribution in [3.63, 3.8) is 0 Å². The van der Waals surface area contributed by atoms with E-state index < -0.39 is 0 Å². The lowest BCUT2D eigenvalue weighted by Crippen LogP contribution is -2.07. The summed E-state index contributed by atoms with van der Waals surface area (Å²) in [7, 11) is 0. The van der Waals surface area contributed by atoms with Gasteiger partial charge in [0, 0.05) is 12.6 Å². The number of aromatic nitrogens is 2. The van der Waals surface area contributed by atoms with E-state index in [9.17, 15) is 0 Å². The second-order valence-electron chi connectivity index (χ2n) is 3.88. The molecule has 1 heterocycles. The van der Waals surface area contributed by atoms with E-state index >= 15 is 0 Å². The summed E-state index contributed by atoms with van der Waals surface area (Å²) in [6.07, 6.45) is 0.989. The van der Waals surface area contributed by atoms with Gasteiger partial charge in [-0.3, -0.25) is 0 Å². The number of anilines is 1. The Balaban J connectivity index is 1.92. The maximum absolute atomic E-state index is 5.06. The van der Waals surface area contributed by atoms with E-state index in [2.05, 4.69) is 39.6 Å². The van der Waals surface area contributed by atoms with Gasteiger partial charge in [0.25, 0.3) is 0 Å². The third-order valence-electron chi connectivity index (χ3n) is 2.43. The van der Waals surface area contributed by atoms with Gasteiger partial charge in [0.15, 0.2) is 0 Å². The lowest BCUT2D eigenvalue weighted by molar-refractivity contribution is 0.977. The van der Waals surface area contributed by atoms with Crippen molar-refractivity contribution < 1.29 is 0 Å². The number of benzene rings is 1. The lowest BCUT2D eigenvalue weighted by Gasteiger charge is -2.07. The Hall–Kier alpha value is -1.68. The summed E-state index contributed by atoms with van der Waals surface area (Å²) in [6.45, 7) is 2.77. The van der Waals surface area contributed by atoms with Gasteiger partial charge in [0.1, 0.15) is 16.3 Å². The summed E-state index contributed by atoms with van der Waals surface area (Å²) >= 11 is 5.06. The second-order valence-corrected chi connectivity index (χ2v) is 4.30. The van der Waals surface area contributed by atoms with Gasteiger partial charge in [-0.05, 0) is 18.9 Å². The van der Waals surface area contributed by atoms with Crippen molar-refractivity contribution in [2.75, 3.05) is 11.9 Å². The van der Waals surface area contributed by atoms with Gasteiger partial charge >= 0.3 is 0 Å². The van der Waals surface area contributed by atoms with Crippen LogP contribution in [0.15, 0.2) is 36.4 Å². The van der Waals surface area contributed by atoms with Gasteiger partial charge < -0.3 is 10.3 Å². The Bertz CT molecular complexity index is 534. The highest BCUT2D eigenvalue weighted by Gasteiger charge is 1.95. The van der Waals surface area contributed by atoms with Crippen molar-refractivity contribution in [1.82, 2.24) is 9.97 Å². The standard InChI is InChI=1S/C13H15N3S/c1-10-15-12(9-13(17)16-10)14-8-7-11-5-3-2-4-6-11/h2-6,9H,7-8H2,1H3,(H2,14,15,16,17). The summed E-state index contributed by atoms with van der Waals surface area (Å²) in [6, 6.07) is 12.2. The largest absolute Gasteiger partial charge is 0.371 e. The minimum Gasteiger partial charge on any atom is -0.371 e. The Morgan fingerprint density at radius 1 is 1.29 bits per heavy atom. The molecule has 1 aromatic heterocycles. The van der Waals surface area contributed by atoms with E-state index in [0.29, 0.717) is 4.64 Å². The van der Waals surface area contributed by atoms with E-state index in [1.54, 1.807) is 0 Å². The fourth-order valence-electron chi connectivity index (χ4n) is 1.66. The first kappa shape index (κ1) is 11.8. The van der Waals surface area contributed by atoms with E-state index in [1.807, 2.05) is 19.1 Å². The number of aryl methyl sites for hydroxylation is 1. The maximum atomic E-state index is 5.06. The topological polar surface area (TPSA) is 40.7 Å². The molecule has 3 nitrogen and oxygen atoms in total. The van der Waals surface area contributed by atoms with Gasteiger partial charge in [0.2, 0.25) is 0 Å². The molecular weight excluding hydrogens is 230 g/mol. The third-order valence-corrected chi connectivity index (χ3v) is 2.64. The first-order valence-corrected chi connectivity index (χ1v) is 6.00. The molecule has 0 saturated carbocycles. The highest BCUT2D eigenvalue weighted by atomic mass is 32.1. The van der Waals surface area contributed by atoms with Crippen LogP contribution in [0.1, 0.15) is 11.4 Å². The van der Waals surface area contributed by atoms with Gasteiger partial charge in [0.05, 0.1) is 0 Å². The smallest absolute Gasteiger partial charge is 0.131 e. The normalized spacial score (nSPS) is 10.2.